The zero-order chi connectivity index (χ0) is 12.8. The molecule has 0 bridgehead atoms. The van der Waals surface area contributed by atoms with Gasteiger partial charge in [0.05, 0.1) is 4.92 Å². The normalized spacial score (nSPS) is 9.76. The van der Waals surface area contributed by atoms with Gasteiger partial charge in [0.1, 0.15) is 5.75 Å². The Bertz CT molecular complexity index is 431. The van der Waals surface area contributed by atoms with E-state index < -0.39 is 4.92 Å². The molecule has 0 aromatic heterocycles. The van der Waals surface area contributed by atoms with Crippen LogP contribution in [0.2, 0.25) is 0 Å². The van der Waals surface area contributed by atoms with E-state index in [1.54, 1.807) is 6.92 Å². The number of amides is 1. The Hall–Kier alpha value is -2.11. The van der Waals surface area contributed by atoms with E-state index in [4.69, 9.17) is 4.74 Å². The molecule has 6 nitrogen and oxygen atoms in total. The predicted molar refractivity (Wildman–Crippen MR) is 62.0 cm³/mol. The summed E-state index contributed by atoms with van der Waals surface area (Å²) in [6.07, 6.45) is 0. The molecule has 0 spiro atoms. The highest BCUT2D eigenvalue weighted by molar-refractivity contribution is 5.77. The number of benzene rings is 1. The zero-order valence-electron chi connectivity index (χ0n) is 9.73. The van der Waals surface area contributed by atoms with Crippen molar-refractivity contribution in [2.24, 2.45) is 0 Å². The van der Waals surface area contributed by atoms with Crippen LogP contribution in [-0.2, 0) is 4.79 Å². The second kappa shape index (κ2) is 5.83. The summed E-state index contributed by atoms with van der Waals surface area (Å²) in [4.78, 5) is 21.3. The number of hydrogen-bond donors (Lipinski definition) is 1. The fourth-order valence-electron chi connectivity index (χ4n) is 1.32. The minimum Gasteiger partial charge on any atom is -0.484 e. The summed E-state index contributed by atoms with van der Waals surface area (Å²) in [5, 5.41) is 13.2. The van der Waals surface area contributed by atoms with Gasteiger partial charge in [-0.1, -0.05) is 0 Å². The van der Waals surface area contributed by atoms with Crippen LogP contribution < -0.4 is 10.1 Å². The zero-order valence-corrected chi connectivity index (χ0v) is 9.73. The first-order chi connectivity index (χ1) is 8.04. The van der Waals surface area contributed by atoms with Crippen LogP contribution in [0, 0.1) is 17.0 Å². The Morgan fingerprint density at radius 3 is 2.76 bits per heavy atom. The van der Waals surface area contributed by atoms with Gasteiger partial charge in [0.15, 0.2) is 6.61 Å². The molecule has 0 atom stereocenters. The Labute approximate surface area is 98.7 Å². The Morgan fingerprint density at radius 1 is 1.53 bits per heavy atom. The molecule has 92 valence electrons. The van der Waals surface area contributed by atoms with Gasteiger partial charge in [-0.2, -0.15) is 0 Å². The molecule has 1 amide bonds. The van der Waals surface area contributed by atoms with Crippen molar-refractivity contribution in [2.45, 2.75) is 13.8 Å². The van der Waals surface area contributed by atoms with Crippen LogP contribution in [0.25, 0.3) is 0 Å². The van der Waals surface area contributed by atoms with Gasteiger partial charge in [-0.25, -0.2) is 0 Å². The molecule has 0 saturated heterocycles. The van der Waals surface area contributed by atoms with Crippen molar-refractivity contribution in [2.75, 3.05) is 13.2 Å². The van der Waals surface area contributed by atoms with E-state index in [2.05, 4.69) is 5.32 Å². The predicted octanol–water partition coefficient (Wildman–Crippen LogP) is 1.42. The van der Waals surface area contributed by atoms with E-state index in [-0.39, 0.29) is 18.2 Å². The summed E-state index contributed by atoms with van der Waals surface area (Å²) >= 11 is 0. The monoisotopic (exact) mass is 238 g/mol. The lowest BCUT2D eigenvalue weighted by atomic mass is 10.2. The van der Waals surface area contributed by atoms with E-state index >= 15 is 0 Å². The van der Waals surface area contributed by atoms with Crippen molar-refractivity contribution in [3.05, 3.63) is 33.9 Å². The third-order valence-corrected chi connectivity index (χ3v) is 2.11. The number of nitro benzene ring substituents is 1. The first kappa shape index (κ1) is 13.0. The molecule has 0 aliphatic carbocycles. The van der Waals surface area contributed by atoms with E-state index in [1.165, 1.54) is 18.2 Å². The number of likely N-dealkylation sites (N-methyl/N-ethyl adjacent to an activating group) is 1. The lowest BCUT2D eigenvalue weighted by Gasteiger charge is -2.06. The molecule has 0 aliphatic heterocycles. The number of carbonyl (C=O) groups excluding carboxylic acids is 1. The first-order valence-electron chi connectivity index (χ1n) is 5.19. The average molecular weight is 238 g/mol. The van der Waals surface area contributed by atoms with Crippen LogP contribution in [0.3, 0.4) is 0 Å². The number of nitrogens with zero attached hydrogens (tertiary/aromatic N) is 1. The molecule has 1 aromatic rings. The van der Waals surface area contributed by atoms with Crippen LogP contribution in [0.5, 0.6) is 5.75 Å². The van der Waals surface area contributed by atoms with Gasteiger partial charge in [-0.3, -0.25) is 14.9 Å². The van der Waals surface area contributed by atoms with E-state index in [9.17, 15) is 14.9 Å². The number of aryl methyl sites for hydroxylation is 1. The van der Waals surface area contributed by atoms with Gasteiger partial charge in [0.2, 0.25) is 0 Å². The maximum absolute atomic E-state index is 11.1. The van der Waals surface area contributed by atoms with Gasteiger partial charge in [-0.05, 0) is 26.0 Å². The third-order valence-electron chi connectivity index (χ3n) is 2.11. The molecule has 0 heterocycles. The lowest BCUT2D eigenvalue weighted by Crippen LogP contribution is -2.28. The number of ether oxygens (including phenoxy) is 1. The van der Waals surface area contributed by atoms with Crippen molar-refractivity contribution in [3.8, 4) is 5.75 Å². The molecule has 17 heavy (non-hydrogen) atoms. The lowest BCUT2D eigenvalue weighted by molar-refractivity contribution is -0.385. The summed E-state index contributed by atoms with van der Waals surface area (Å²) in [6.45, 7) is 3.89. The minimum atomic E-state index is -0.455. The maximum Gasteiger partial charge on any atom is 0.272 e. The number of rotatable bonds is 5. The van der Waals surface area contributed by atoms with Crippen molar-refractivity contribution in [3.63, 3.8) is 0 Å². The molecule has 0 fully saturated rings. The van der Waals surface area contributed by atoms with E-state index in [1.807, 2.05) is 6.92 Å². The van der Waals surface area contributed by atoms with Crippen LogP contribution in [0.15, 0.2) is 18.2 Å². The van der Waals surface area contributed by atoms with Crippen molar-refractivity contribution < 1.29 is 14.5 Å². The quantitative estimate of drug-likeness (QED) is 0.621. The molecule has 1 aromatic carbocycles. The van der Waals surface area contributed by atoms with Gasteiger partial charge in [0, 0.05) is 18.2 Å². The van der Waals surface area contributed by atoms with Gasteiger partial charge >= 0.3 is 0 Å². The molecular formula is C11H14N2O4. The number of nitro groups is 1. The topological polar surface area (TPSA) is 81.5 Å². The highest BCUT2D eigenvalue weighted by Gasteiger charge is 2.11. The van der Waals surface area contributed by atoms with Gasteiger partial charge in [0.25, 0.3) is 11.6 Å². The molecule has 1 rings (SSSR count). The first-order valence-corrected chi connectivity index (χ1v) is 5.19. The Morgan fingerprint density at radius 2 is 2.24 bits per heavy atom. The summed E-state index contributed by atoms with van der Waals surface area (Å²) in [5.74, 6) is 0.225. The second-order valence-corrected chi connectivity index (χ2v) is 3.45. The largest absolute Gasteiger partial charge is 0.484 e. The number of carbonyl (C=O) groups is 1. The van der Waals surface area contributed by atoms with Crippen molar-refractivity contribution in [1.29, 1.82) is 0 Å². The maximum atomic E-state index is 11.1. The molecule has 0 aliphatic rings. The molecular weight excluding hydrogens is 224 g/mol. The SMILES string of the molecule is CCNC(=O)COc1ccc([N+](=O)[O-])c(C)c1. The molecule has 6 heteroatoms. The molecule has 0 radical (unpaired) electrons. The summed E-state index contributed by atoms with van der Waals surface area (Å²) in [5.41, 5.74) is 0.541. The summed E-state index contributed by atoms with van der Waals surface area (Å²) < 4.78 is 5.20. The van der Waals surface area contributed by atoms with Gasteiger partial charge < -0.3 is 10.1 Å². The smallest absolute Gasteiger partial charge is 0.272 e. The number of nitrogens with one attached hydrogen (secondary N) is 1. The Balaban J connectivity index is 2.65. The molecule has 0 unspecified atom stereocenters. The van der Waals surface area contributed by atoms with E-state index in [0.29, 0.717) is 17.9 Å². The number of hydrogen-bond acceptors (Lipinski definition) is 4. The van der Waals surface area contributed by atoms with Crippen LogP contribution in [0.1, 0.15) is 12.5 Å². The summed E-state index contributed by atoms with van der Waals surface area (Å²) in [7, 11) is 0. The highest BCUT2D eigenvalue weighted by atomic mass is 16.6. The van der Waals surface area contributed by atoms with Crippen LogP contribution >= 0.6 is 0 Å². The standard InChI is InChI=1S/C11H14N2O4/c1-3-12-11(14)7-17-9-4-5-10(13(15)16)8(2)6-9/h4-6H,3,7H2,1-2H3,(H,12,14). The van der Waals surface area contributed by atoms with E-state index in [0.717, 1.165) is 0 Å². The van der Waals surface area contributed by atoms with Gasteiger partial charge in [-0.15, -0.1) is 0 Å². The van der Waals surface area contributed by atoms with Crippen LogP contribution in [-0.4, -0.2) is 24.0 Å². The molecule has 1 N–H and O–H groups in total. The summed E-state index contributed by atoms with van der Waals surface area (Å²) in [6, 6.07) is 4.38. The van der Waals surface area contributed by atoms with Crippen molar-refractivity contribution >= 4 is 11.6 Å². The fraction of sp³-hybridized carbons (Fsp3) is 0.364. The highest BCUT2D eigenvalue weighted by Crippen LogP contribution is 2.22. The minimum absolute atomic E-state index is 0.0374. The third kappa shape index (κ3) is 3.75. The average Bonchev–Trinajstić information content (AvgIpc) is 2.26. The van der Waals surface area contributed by atoms with Crippen molar-refractivity contribution in [1.82, 2.24) is 5.32 Å². The molecule has 0 saturated carbocycles. The fourth-order valence-corrected chi connectivity index (χ4v) is 1.32. The van der Waals surface area contributed by atoms with Crippen LogP contribution in [0.4, 0.5) is 5.69 Å². The Kier molecular flexibility index (Phi) is 4.45. The second-order valence-electron chi connectivity index (χ2n) is 3.45.